The van der Waals surface area contributed by atoms with Gasteiger partial charge in [0.25, 0.3) is 0 Å². The van der Waals surface area contributed by atoms with E-state index in [-0.39, 0.29) is 34.9 Å². The number of ether oxygens (including phenoxy) is 1. The van der Waals surface area contributed by atoms with Crippen LogP contribution in [0.5, 0.6) is 5.75 Å². The lowest BCUT2D eigenvalue weighted by Crippen LogP contribution is -2.45. The van der Waals surface area contributed by atoms with Gasteiger partial charge >= 0.3 is 6.09 Å². The number of halogens is 2. The van der Waals surface area contributed by atoms with E-state index in [9.17, 15) is 14.0 Å². The molecule has 3 aliphatic rings. The van der Waals surface area contributed by atoms with E-state index in [1.807, 2.05) is 29.2 Å². The van der Waals surface area contributed by atoms with Gasteiger partial charge in [0, 0.05) is 45.1 Å². The summed E-state index contributed by atoms with van der Waals surface area (Å²) in [4.78, 5) is 36.5. The largest absolute Gasteiger partial charge is 0.415 e. The lowest BCUT2D eigenvalue weighted by Gasteiger charge is -2.34. The lowest BCUT2D eigenvalue weighted by molar-refractivity contribution is -0.135. The second-order valence-electron chi connectivity index (χ2n) is 10.4. The Morgan fingerprint density at radius 3 is 2.52 bits per heavy atom. The maximum absolute atomic E-state index is 13.7. The predicted molar refractivity (Wildman–Crippen MR) is 149 cm³/mol. The first-order valence-corrected chi connectivity index (χ1v) is 13.9. The third kappa shape index (κ3) is 6.13. The standard InChI is InChI=1S/C30H31ClFN5O3/c1-35(30(39)40-26-10-6-23(32)7-11-26)28-19-37(18-27(28)20-2-4-22(31)5-3-20)29(38)21-12-14-36(15-13-21)25-9-8-24(16-33)34-17-25/h2-4,6-11,17,21-22,27-28H,5,12-15,18-19H2,1H3/t22?,27-,28+/m0/s1. The molecule has 2 aliphatic heterocycles. The van der Waals surface area contributed by atoms with Gasteiger partial charge in [0.05, 0.1) is 23.3 Å². The molecule has 2 fully saturated rings. The van der Waals surface area contributed by atoms with Gasteiger partial charge in [-0.1, -0.05) is 18.2 Å². The average Bonchev–Trinajstić information content (AvgIpc) is 3.43. The number of pyridine rings is 1. The zero-order valence-corrected chi connectivity index (χ0v) is 23.0. The zero-order valence-electron chi connectivity index (χ0n) is 22.2. The normalized spacial score (nSPS) is 22.9. The van der Waals surface area contributed by atoms with E-state index in [4.69, 9.17) is 21.6 Å². The molecule has 0 N–H and O–H groups in total. The van der Waals surface area contributed by atoms with Crippen LogP contribution in [-0.4, -0.2) is 71.4 Å². The first kappa shape index (κ1) is 27.7. The molecule has 1 unspecified atom stereocenters. The number of carbonyl (C=O) groups excluding carboxylic acids is 2. The highest BCUT2D eigenvalue weighted by molar-refractivity contribution is 6.22. The highest BCUT2D eigenvalue weighted by atomic mass is 35.5. The van der Waals surface area contributed by atoms with E-state index in [1.54, 1.807) is 24.2 Å². The van der Waals surface area contributed by atoms with Crippen molar-refractivity contribution in [3.63, 3.8) is 0 Å². The van der Waals surface area contributed by atoms with Gasteiger partial charge in [-0.2, -0.15) is 5.26 Å². The van der Waals surface area contributed by atoms with Crippen LogP contribution in [0.2, 0.25) is 0 Å². The fourth-order valence-electron chi connectivity index (χ4n) is 5.67. The Balaban J connectivity index is 1.26. The van der Waals surface area contributed by atoms with Crippen molar-refractivity contribution in [1.29, 1.82) is 5.26 Å². The van der Waals surface area contributed by atoms with Crippen molar-refractivity contribution in [2.75, 3.05) is 38.1 Å². The zero-order chi connectivity index (χ0) is 28.2. The molecular formula is C30H31ClFN5O3. The molecule has 208 valence electrons. The first-order valence-electron chi connectivity index (χ1n) is 13.4. The van der Waals surface area contributed by atoms with Crippen LogP contribution in [0, 0.1) is 29.0 Å². The van der Waals surface area contributed by atoms with Gasteiger partial charge in [0.1, 0.15) is 23.3 Å². The molecule has 5 rings (SSSR count). The highest BCUT2D eigenvalue weighted by Crippen LogP contribution is 2.34. The van der Waals surface area contributed by atoms with Gasteiger partial charge in [0.2, 0.25) is 5.91 Å². The van der Waals surface area contributed by atoms with Crippen molar-refractivity contribution in [3.05, 3.63) is 77.9 Å². The van der Waals surface area contributed by atoms with Crippen LogP contribution < -0.4 is 9.64 Å². The summed E-state index contributed by atoms with van der Waals surface area (Å²) < 4.78 is 18.8. The van der Waals surface area contributed by atoms with Gasteiger partial charge in [-0.3, -0.25) is 4.79 Å². The minimum absolute atomic E-state index is 0.0704. The number of amides is 2. The van der Waals surface area contributed by atoms with E-state index >= 15 is 0 Å². The summed E-state index contributed by atoms with van der Waals surface area (Å²) in [6, 6.07) is 10.6. The van der Waals surface area contributed by atoms with E-state index in [2.05, 4.69) is 16.0 Å². The summed E-state index contributed by atoms with van der Waals surface area (Å²) in [6.07, 6.45) is 9.29. The smallest absolute Gasteiger partial charge is 0.410 e. The fourth-order valence-corrected chi connectivity index (χ4v) is 5.83. The van der Waals surface area contributed by atoms with Crippen molar-refractivity contribution in [2.24, 2.45) is 11.8 Å². The van der Waals surface area contributed by atoms with E-state index in [0.29, 0.717) is 38.0 Å². The second-order valence-corrected chi connectivity index (χ2v) is 11.0. The summed E-state index contributed by atoms with van der Waals surface area (Å²) >= 11 is 6.26. The summed E-state index contributed by atoms with van der Waals surface area (Å²) in [7, 11) is 1.68. The molecule has 1 aliphatic carbocycles. The van der Waals surface area contributed by atoms with E-state index in [1.165, 1.54) is 24.3 Å². The Hall–Kier alpha value is -3.90. The summed E-state index contributed by atoms with van der Waals surface area (Å²) in [5, 5.41) is 8.92. The van der Waals surface area contributed by atoms with Gasteiger partial charge in [-0.25, -0.2) is 14.2 Å². The molecule has 10 heteroatoms. The number of nitriles is 1. The van der Waals surface area contributed by atoms with Crippen LogP contribution in [0.1, 0.15) is 25.0 Å². The third-order valence-electron chi connectivity index (χ3n) is 7.98. The molecular weight excluding hydrogens is 533 g/mol. The second kappa shape index (κ2) is 12.1. The molecule has 2 saturated heterocycles. The number of alkyl halides is 1. The molecule has 1 aromatic heterocycles. The SMILES string of the molecule is CN(C(=O)Oc1ccc(F)cc1)[C@@H]1CN(C(=O)C2CCN(c3ccc(C#N)nc3)CC2)C[C@H]1C1=CCC(Cl)C=C1. The highest BCUT2D eigenvalue weighted by Gasteiger charge is 2.43. The van der Waals surface area contributed by atoms with Crippen LogP contribution >= 0.6 is 11.6 Å². The van der Waals surface area contributed by atoms with E-state index in [0.717, 1.165) is 24.4 Å². The Labute approximate surface area is 238 Å². The van der Waals surface area contributed by atoms with Gasteiger partial charge in [-0.05, 0) is 61.2 Å². The lowest BCUT2D eigenvalue weighted by atomic mass is 9.89. The predicted octanol–water partition coefficient (Wildman–Crippen LogP) is 4.76. The molecule has 0 spiro atoms. The number of anilines is 1. The number of piperidine rings is 1. The van der Waals surface area contributed by atoms with Crippen LogP contribution in [0.3, 0.4) is 0 Å². The number of hydrogen-bond acceptors (Lipinski definition) is 6. The number of rotatable bonds is 5. The van der Waals surface area contributed by atoms with Gasteiger partial charge < -0.3 is 19.4 Å². The molecule has 8 nitrogen and oxygen atoms in total. The van der Waals surface area contributed by atoms with Crippen molar-refractivity contribution in [3.8, 4) is 11.8 Å². The molecule has 2 amide bonds. The monoisotopic (exact) mass is 563 g/mol. The Bertz CT molecular complexity index is 1330. The summed E-state index contributed by atoms with van der Waals surface area (Å²) in [6.45, 7) is 2.34. The Kier molecular flexibility index (Phi) is 8.36. The Morgan fingerprint density at radius 1 is 1.15 bits per heavy atom. The molecule has 3 atom stereocenters. The third-order valence-corrected chi connectivity index (χ3v) is 8.30. The quantitative estimate of drug-likeness (QED) is 0.487. The number of benzene rings is 1. The maximum atomic E-state index is 13.7. The molecule has 1 aromatic carbocycles. The molecule has 0 radical (unpaired) electrons. The number of likely N-dealkylation sites (N-methyl/N-ethyl adjacent to an activating group) is 1. The maximum Gasteiger partial charge on any atom is 0.415 e. The fraction of sp³-hybridized carbons (Fsp3) is 0.400. The van der Waals surface area contributed by atoms with Crippen molar-refractivity contribution in [2.45, 2.75) is 30.7 Å². The van der Waals surface area contributed by atoms with Crippen molar-refractivity contribution in [1.82, 2.24) is 14.8 Å². The number of aromatic nitrogens is 1. The average molecular weight is 564 g/mol. The summed E-state index contributed by atoms with van der Waals surface area (Å²) in [5.74, 6) is -0.250. The number of nitrogens with zero attached hydrogens (tertiary/aromatic N) is 5. The molecule has 3 heterocycles. The number of likely N-dealkylation sites (tertiary alicyclic amines) is 1. The van der Waals surface area contributed by atoms with Crippen LogP contribution in [0.25, 0.3) is 0 Å². The Morgan fingerprint density at radius 2 is 1.90 bits per heavy atom. The molecule has 2 aromatic rings. The number of allylic oxidation sites excluding steroid dienone is 3. The van der Waals surface area contributed by atoms with Gasteiger partial charge in [-0.15, -0.1) is 11.6 Å². The van der Waals surface area contributed by atoms with Crippen molar-refractivity contribution < 1.29 is 18.7 Å². The van der Waals surface area contributed by atoms with Crippen LogP contribution in [-0.2, 0) is 4.79 Å². The number of carbonyl (C=O) groups is 2. The minimum Gasteiger partial charge on any atom is -0.410 e. The first-order chi connectivity index (χ1) is 19.3. The molecule has 0 saturated carbocycles. The topological polar surface area (TPSA) is 89.8 Å². The number of hydrogen-bond donors (Lipinski definition) is 0. The van der Waals surface area contributed by atoms with E-state index < -0.39 is 11.9 Å². The van der Waals surface area contributed by atoms with Crippen LogP contribution in [0.4, 0.5) is 14.9 Å². The minimum atomic E-state index is -0.559. The molecule has 0 bridgehead atoms. The molecule has 40 heavy (non-hydrogen) atoms. The van der Waals surface area contributed by atoms with Crippen molar-refractivity contribution >= 4 is 29.3 Å². The summed E-state index contributed by atoms with van der Waals surface area (Å²) in [5.41, 5.74) is 2.38. The van der Waals surface area contributed by atoms with Crippen LogP contribution in [0.15, 0.2) is 66.4 Å². The van der Waals surface area contributed by atoms with Gasteiger partial charge in [0.15, 0.2) is 0 Å².